The summed E-state index contributed by atoms with van der Waals surface area (Å²) in [6.45, 7) is 1.98. The molecule has 1 rings (SSSR count). The van der Waals surface area contributed by atoms with E-state index in [4.69, 9.17) is 4.74 Å². The van der Waals surface area contributed by atoms with E-state index in [1.165, 1.54) is 6.07 Å². The summed E-state index contributed by atoms with van der Waals surface area (Å²) in [5.74, 6) is -1.70. The number of hydrogen-bond donors (Lipinski definition) is 0. The van der Waals surface area contributed by atoms with E-state index in [-0.39, 0.29) is 12.4 Å². The van der Waals surface area contributed by atoms with E-state index in [0.717, 1.165) is 6.07 Å². The quantitative estimate of drug-likeness (QED) is 0.709. The summed E-state index contributed by atoms with van der Waals surface area (Å²) in [6, 6.07) is 2.99. The highest BCUT2D eigenvalue weighted by Gasteiger charge is 2.35. The van der Waals surface area contributed by atoms with Crippen LogP contribution in [0.5, 0.6) is 5.75 Å². The minimum absolute atomic E-state index is 0.193. The van der Waals surface area contributed by atoms with Crippen molar-refractivity contribution in [3.8, 4) is 5.75 Å². The molecule has 1 nitrogen and oxygen atoms in total. The van der Waals surface area contributed by atoms with E-state index >= 15 is 0 Å². The fourth-order valence-corrected chi connectivity index (χ4v) is 1.05. The Morgan fingerprint density at radius 2 is 1.93 bits per heavy atom. The highest BCUT2D eigenvalue weighted by Crippen LogP contribution is 2.34. The predicted molar refractivity (Wildman–Crippen MR) is 47.2 cm³/mol. The molecule has 0 amide bonds. The smallest absolute Gasteiger partial charge is 0.419 e. The summed E-state index contributed by atoms with van der Waals surface area (Å²) in [4.78, 5) is 0. The normalized spacial score (nSPS) is 11.5. The fourth-order valence-electron chi connectivity index (χ4n) is 1.05. The third-order valence-corrected chi connectivity index (χ3v) is 1.73. The molecular formula is C10H10F4O. The first kappa shape index (κ1) is 11.8. The number of ether oxygens (including phenoxy) is 1. The maximum absolute atomic E-state index is 13.2. The molecule has 0 aliphatic heterocycles. The van der Waals surface area contributed by atoms with Crippen molar-refractivity contribution in [1.82, 2.24) is 0 Å². The first-order valence-electron chi connectivity index (χ1n) is 4.45. The second-order valence-electron chi connectivity index (χ2n) is 2.96. The van der Waals surface area contributed by atoms with Gasteiger partial charge in [0.05, 0.1) is 12.2 Å². The summed E-state index contributed by atoms with van der Waals surface area (Å²) < 4.78 is 54.9. The van der Waals surface area contributed by atoms with Gasteiger partial charge in [0.2, 0.25) is 0 Å². The first-order valence-corrected chi connectivity index (χ1v) is 4.45. The summed E-state index contributed by atoms with van der Waals surface area (Å²) in [6.07, 6.45) is -4.08. The number of rotatable bonds is 3. The van der Waals surface area contributed by atoms with Gasteiger partial charge in [-0.1, -0.05) is 13.0 Å². The van der Waals surface area contributed by atoms with Crippen molar-refractivity contribution in [2.45, 2.75) is 19.5 Å². The molecule has 0 atom stereocenters. The third-order valence-electron chi connectivity index (χ3n) is 1.73. The topological polar surface area (TPSA) is 9.23 Å². The van der Waals surface area contributed by atoms with E-state index < -0.39 is 17.6 Å². The zero-order valence-electron chi connectivity index (χ0n) is 8.07. The molecule has 84 valence electrons. The van der Waals surface area contributed by atoms with Gasteiger partial charge in [0.1, 0.15) is 0 Å². The zero-order chi connectivity index (χ0) is 11.5. The molecular weight excluding hydrogens is 212 g/mol. The third kappa shape index (κ3) is 2.84. The standard InChI is InChI=1S/C10H10F4O/c1-2-6-15-8-5-3-4-7(9(8)11)10(12,13)14/h3-5H,2,6H2,1H3. The lowest BCUT2D eigenvalue weighted by Crippen LogP contribution is -2.09. The van der Waals surface area contributed by atoms with E-state index in [1.54, 1.807) is 6.92 Å². The average molecular weight is 222 g/mol. The average Bonchev–Trinajstić information content (AvgIpc) is 2.14. The van der Waals surface area contributed by atoms with Gasteiger partial charge >= 0.3 is 6.18 Å². The van der Waals surface area contributed by atoms with Crippen LogP contribution in [0.2, 0.25) is 0 Å². The Labute approximate surface area is 84.7 Å². The van der Waals surface area contributed by atoms with E-state index in [0.29, 0.717) is 12.5 Å². The van der Waals surface area contributed by atoms with Crippen LogP contribution in [0.15, 0.2) is 18.2 Å². The van der Waals surface area contributed by atoms with Crippen molar-refractivity contribution >= 4 is 0 Å². The molecule has 0 bridgehead atoms. The summed E-state index contributed by atoms with van der Waals surface area (Å²) in [7, 11) is 0. The highest BCUT2D eigenvalue weighted by molar-refractivity contribution is 5.32. The van der Waals surface area contributed by atoms with E-state index in [9.17, 15) is 17.6 Å². The van der Waals surface area contributed by atoms with Crippen LogP contribution in [0.3, 0.4) is 0 Å². The Morgan fingerprint density at radius 3 is 2.47 bits per heavy atom. The van der Waals surface area contributed by atoms with Crippen LogP contribution in [0.4, 0.5) is 17.6 Å². The first-order chi connectivity index (χ1) is 6.96. The Morgan fingerprint density at radius 1 is 1.27 bits per heavy atom. The highest BCUT2D eigenvalue weighted by atomic mass is 19.4. The molecule has 0 fully saturated rings. The molecule has 0 aromatic heterocycles. The van der Waals surface area contributed by atoms with Gasteiger partial charge in [-0.05, 0) is 18.6 Å². The van der Waals surface area contributed by atoms with Gasteiger partial charge in [0, 0.05) is 0 Å². The summed E-state index contributed by atoms with van der Waals surface area (Å²) in [5.41, 5.74) is -1.30. The van der Waals surface area contributed by atoms with Gasteiger partial charge in [-0.15, -0.1) is 0 Å². The Bertz CT molecular complexity index is 333. The van der Waals surface area contributed by atoms with Crippen LogP contribution in [0.1, 0.15) is 18.9 Å². The Hall–Kier alpha value is -1.26. The number of hydrogen-bond acceptors (Lipinski definition) is 1. The Kier molecular flexibility index (Phi) is 3.55. The molecule has 0 N–H and O–H groups in total. The molecule has 0 radical (unpaired) electrons. The van der Waals surface area contributed by atoms with Gasteiger partial charge in [0.15, 0.2) is 11.6 Å². The predicted octanol–water partition coefficient (Wildman–Crippen LogP) is 3.63. The van der Waals surface area contributed by atoms with Crippen LogP contribution < -0.4 is 4.74 Å². The molecule has 0 spiro atoms. The zero-order valence-corrected chi connectivity index (χ0v) is 8.07. The maximum atomic E-state index is 13.2. The molecule has 0 saturated carbocycles. The van der Waals surface area contributed by atoms with Gasteiger partial charge in [-0.2, -0.15) is 13.2 Å². The summed E-state index contributed by atoms with van der Waals surface area (Å²) in [5, 5.41) is 0. The van der Waals surface area contributed by atoms with Crippen molar-refractivity contribution in [2.24, 2.45) is 0 Å². The maximum Gasteiger partial charge on any atom is 0.419 e. The van der Waals surface area contributed by atoms with E-state index in [1.807, 2.05) is 0 Å². The minimum atomic E-state index is -4.68. The lowest BCUT2D eigenvalue weighted by Gasteiger charge is -2.11. The Balaban J connectivity index is 3.01. The molecule has 0 unspecified atom stereocenters. The molecule has 5 heteroatoms. The molecule has 1 aromatic rings. The van der Waals surface area contributed by atoms with Gasteiger partial charge in [-0.25, -0.2) is 4.39 Å². The minimum Gasteiger partial charge on any atom is -0.491 e. The fraction of sp³-hybridized carbons (Fsp3) is 0.400. The SMILES string of the molecule is CCCOc1cccc(C(F)(F)F)c1F. The van der Waals surface area contributed by atoms with Crippen LogP contribution in [0.25, 0.3) is 0 Å². The van der Waals surface area contributed by atoms with Crippen molar-refractivity contribution in [3.05, 3.63) is 29.6 Å². The second kappa shape index (κ2) is 4.51. The van der Waals surface area contributed by atoms with Crippen molar-refractivity contribution in [2.75, 3.05) is 6.61 Å². The monoisotopic (exact) mass is 222 g/mol. The number of halogens is 4. The van der Waals surface area contributed by atoms with Crippen molar-refractivity contribution in [1.29, 1.82) is 0 Å². The summed E-state index contributed by atoms with van der Waals surface area (Å²) >= 11 is 0. The van der Waals surface area contributed by atoms with Gasteiger partial charge < -0.3 is 4.74 Å². The van der Waals surface area contributed by atoms with Gasteiger partial charge in [0.25, 0.3) is 0 Å². The van der Waals surface area contributed by atoms with Crippen LogP contribution in [-0.2, 0) is 6.18 Å². The number of benzene rings is 1. The lowest BCUT2D eigenvalue weighted by atomic mass is 10.2. The van der Waals surface area contributed by atoms with Crippen molar-refractivity contribution in [3.63, 3.8) is 0 Å². The molecule has 15 heavy (non-hydrogen) atoms. The number of alkyl halides is 3. The molecule has 0 saturated heterocycles. The molecule has 0 aliphatic rings. The molecule has 1 aromatic carbocycles. The van der Waals surface area contributed by atoms with Crippen LogP contribution >= 0.6 is 0 Å². The molecule has 0 heterocycles. The van der Waals surface area contributed by atoms with Crippen molar-refractivity contribution < 1.29 is 22.3 Å². The van der Waals surface area contributed by atoms with Crippen LogP contribution in [-0.4, -0.2) is 6.61 Å². The van der Waals surface area contributed by atoms with Crippen LogP contribution in [0, 0.1) is 5.82 Å². The van der Waals surface area contributed by atoms with E-state index in [2.05, 4.69) is 0 Å². The molecule has 0 aliphatic carbocycles. The largest absolute Gasteiger partial charge is 0.491 e. The second-order valence-corrected chi connectivity index (χ2v) is 2.96. The lowest BCUT2D eigenvalue weighted by molar-refractivity contribution is -0.140. The van der Waals surface area contributed by atoms with Gasteiger partial charge in [-0.3, -0.25) is 0 Å².